The fourth-order valence-electron chi connectivity index (χ4n) is 3.02. The van der Waals surface area contributed by atoms with Crippen LogP contribution in [0, 0.1) is 17.8 Å². The fraction of sp³-hybridized carbons (Fsp3) is 0.750. The molecule has 1 amide bonds. The first-order chi connectivity index (χ1) is 10.1. The van der Waals surface area contributed by atoms with E-state index >= 15 is 0 Å². The number of carbonyl (C=O) groups is 1. The Hall–Kier alpha value is -1.36. The van der Waals surface area contributed by atoms with E-state index < -0.39 is 0 Å². The third kappa shape index (κ3) is 4.84. The minimum Gasteiger partial charge on any atom is -0.317 e. The van der Waals surface area contributed by atoms with Crippen molar-refractivity contribution in [3.8, 4) is 0 Å². The molecule has 0 aromatic carbocycles. The Morgan fingerprint density at radius 2 is 2.14 bits per heavy atom. The van der Waals surface area contributed by atoms with E-state index in [0.29, 0.717) is 30.1 Å². The fourth-order valence-corrected chi connectivity index (χ4v) is 3.02. The van der Waals surface area contributed by atoms with E-state index in [9.17, 15) is 4.79 Å². The van der Waals surface area contributed by atoms with Gasteiger partial charge in [0, 0.05) is 25.4 Å². The summed E-state index contributed by atoms with van der Waals surface area (Å²) in [4.78, 5) is 16.5. The Balaban J connectivity index is 1.85. The molecule has 118 valence electrons. The molecule has 0 spiro atoms. The Kier molecular flexibility index (Phi) is 5.79. The van der Waals surface area contributed by atoms with E-state index in [0.717, 1.165) is 19.6 Å². The summed E-state index contributed by atoms with van der Waals surface area (Å²) in [6.07, 6.45) is 6.60. The second kappa shape index (κ2) is 7.59. The molecule has 2 N–H and O–H groups in total. The summed E-state index contributed by atoms with van der Waals surface area (Å²) in [5.74, 6) is 2.37. The Labute approximate surface area is 127 Å². The molecule has 0 saturated carbocycles. The normalized spacial score (nSPS) is 17.9. The SMILES string of the molecule is CC(C)Cn1ccnc1NC(=O)CC(C)C1CCNCC1. The van der Waals surface area contributed by atoms with Crippen LogP contribution in [0.2, 0.25) is 0 Å². The zero-order valence-corrected chi connectivity index (χ0v) is 13.4. The lowest BCUT2D eigenvalue weighted by Crippen LogP contribution is -2.32. The highest BCUT2D eigenvalue weighted by Gasteiger charge is 2.22. The smallest absolute Gasteiger partial charge is 0.226 e. The van der Waals surface area contributed by atoms with Crippen molar-refractivity contribution in [1.82, 2.24) is 14.9 Å². The Morgan fingerprint density at radius 3 is 2.81 bits per heavy atom. The first-order valence-corrected chi connectivity index (χ1v) is 8.08. The molecule has 1 unspecified atom stereocenters. The van der Waals surface area contributed by atoms with Crippen molar-refractivity contribution in [1.29, 1.82) is 0 Å². The lowest BCUT2D eigenvalue weighted by atomic mass is 9.84. The Bertz CT molecular complexity index is 449. The zero-order valence-electron chi connectivity index (χ0n) is 13.4. The maximum atomic E-state index is 12.2. The van der Waals surface area contributed by atoms with E-state index in [1.807, 2.05) is 10.8 Å². The molecule has 0 bridgehead atoms. The van der Waals surface area contributed by atoms with Gasteiger partial charge < -0.3 is 9.88 Å². The number of amides is 1. The topological polar surface area (TPSA) is 59.0 Å². The van der Waals surface area contributed by atoms with Gasteiger partial charge in [-0.2, -0.15) is 0 Å². The van der Waals surface area contributed by atoms with Crippen molar-refractivity contribution < 1.29 is 4.79 Å². The van der Waals surface area contributed by atoms with Crippen LogP contribution in [-0.2, 0) is 11.3 Å². The minimum atomic E-state index is 0.0808. The second-order valence-corrected chi connectivity index (χ2v) is 6.61. The second-order valence-electron chi connectivity index (χ2n) is 6.61. The van der Waals surface area contributed by atoms with Crippen LogP contribution in [0.15, 0.2) is 12.4 Å². The van der Waals surface area contributed by atoms with Crippen LogP contribution in [-0.4, -0.2) is 28.5 Å². The summed E-state index contributed by atoms with van der Waals surface area (Å²) in [6.45, 7) is 9.54. The number of rotatable bonds is 6. The number of carbonyl (C=O) groups excluding carboxylic acids is 1. The van der Waals surface area contributed by atoms with Gasteiger partial charge in [-0.1, -0.05) is 20.8 Å². The van der Waals surface area contributed by atoms with Crippen molar-refractivity contribution >= 4 is 11.9 Å². The average Bonchev–Trinajstić information content (AvgIpc) is 2.86. The number of aromatic nitrogens is 2. The third-order valence-electron chi connectivity index (χ3n) is 4.22. The van der Waals surface area contributed by atoms with Gasteiger partial charge in [-0.3, -0.25) is 10.1 Å². The number of imidazole rings is 1. The predicted molar refractivity (Wildman–Crippen MR) is 85.1 cm³/mol. The molecule has 2 heterocycles. The Morgan fingerprint density at radius 1 is 1.43 bits per heavy atom. The lowest BCUT2D eigenvalue weighted by molar-refractivity contribution is -0.117. The van der Waals surface area contributed by atoms with E-state index in [-0.39, 0.29) is 5.91 Å². The van der Waals surface area contributed by atoms with Crippen LogP contribution in [0.5, 0.6) is 0 Å². The molecule has 21 heavy (non-hydrogen) atoms. The van der Waals surface area contributed by atoms with Gasteiger partial charge in [-0.05, 0) is 43.7 Å². The molecule has 1 fully saturated rings. The zero-order chi connectivity index (χ0) is 15.2. The molecule has 1 aliphatic heterocycles. The number of nitrogens with zero attached hydrogens (tertiary/aromatic N) is 2. The predicted octanol–water partition coefficient (Wildman–Crippen LogP) is 2.50. The molecule has 1 aromatic heterocycles. The first-order valence-electron chi connectivity index (χ1n) is 8.08. The molecule has 1 aliphatic rings. The molecule has 5 heteroatoms. The maximum absolute atomic E-state index is 12.2. The number of hydrogen-bond acceptors (Lipinski definition) is 3. The van der Waals surface area contributed by atoms with Gasteiger partial charge in [0.1, 0.15) is 0 Å². The monoisotopic (exact) mass is 292 g/mol. The van der Waals surface area contributed by atoms with E-state index in [2.05, 4.69) is 36.4 Å². The molecule has 5 nitrogen and oxygen atoms in total. The van der Waals surface area contributed by atoms with Crippen molar-refractivity contribution in [2.45, 2.75) is 46.6 Å². The molecule has 1 aromatic rings. The van der Waals surface area contributed by atoms with Crippen LogP contribution in [0.4, 0.5) is 5.95 Å². The molecule has 0 radical (unpaired) electrons. The van der Waals surface area contributed by atoms with Gasteiger partial charge in [-0.15, -0.1) is 0 Å². The quantitative estimate of drug-likeness (QED) is 0.847. The molecule has 2 rings (SSSR count). The van der Waals surface area contributed by atoms with Crippen LogP contribution < -0.4 is 10.6 Å². The standard InChI is InChI=1S/C16H28N4O/c1-12(2)11-20-9-8-18-16(20)19-15(21)10-13(3)14-4-6-17-7-5-14/h8-9,12-14,17H,4-7,10-11H2,1-3H3,(H,18,19,21). The molecular weight excluding hydrogens is 264 g/mol. The largest absolute Gasteiger partial charge is 0.317 e. The van der Waals surface area contributed by atoms with Gasteiger partial charge in [0.25, 0.3) is 0 Å². The van der Waals surface area contributed by atoms with Crippen molar-refractivity contribution in [2.24, 2.45) is 17.8 Å². The lowest BCUT2D eigenvalue weighted by Gasteiger charge is -2.27. The van der Waals surface area contributed by atoms with Crippen molar-refractivity contribution in [3.05, 3.63) is 12.4 Å². The molecule has 1 saturated heterocycles. The van der Waals surface area contributed by atoms with Gasteiger partial charge in [-0.25, -0.2) is 4.98 Å². The van der Waals surface area contributed by atoms with Gasteiger partial charge in [0.05, 0.1) is 0 Å². The highest BCUT2D eigenvalue weighted by atomic mass is 16.1. The van der Waals surface area contributed by atoms with E-state index in [4.69, 9.17) is 0 Å². The summed E-state index contributed by atoms with van der Waals surface area (Å²) >= 11 is 0. The molecular formula is C16H28N4O. The van der Waals surface area contributed by atoms with Gasteiger partial charge in [0.2, 0.25) is 11.9 Å². The number of piperidine rings is 1. The van der Waals surface area contributed by atoms with Crippen molar-refractivity contribution in [3.63, 3.8) is 0 Å². The van der Waals surface area contributed by atoms with Crippen LogP contribution in [0.25, 0.3) is 0 Å². The number of nitrogens with one attached hydrogen (secondary N) is 2. The third-order valence-corrected chi connectivity index (χ3v) is 4.22. The summed E-state index contributed by atoms with van der Waals surface area (Å²) < 4.78 is 2.01. The summed E-state index contributed by atoms with van der Waals surface area (Å²) in [5, 5.41) is 6.33. The summed E-state index contributed by atoms with van der Waals surface area (Å²) in [5.41, 5.74) is 0. The summed E-state index contributed by atoms with van der Waals surface area (Å²) in [6, 6.07) is 0. The first kappa shape index (κ1) is 16.0. The number of hydrogen-bond donors (Lipinski definition) is 2. The maximum Gasteiger partial charge on any atom is 0.226 e. The average molecular weight is 292 g/mol. The van der Waals surface area contributed by atoms with Gasteiger partial charge >= 0.3 is 0 Å². The highest BCUT2D eigenvalue weighted by molar-refractivity contribution is 5.89. The molecule has 0 aliphatic carbocycles. The minimum absolute atomic E-state index is 0.0808. The highest BCUT2D eigenvalue weighted by Crippen LogP contribution is 2.24. The van der Waals surface area contributed by atoms with Crippen LogP contribution in [0.1, 0.15) is 40.0 Å². The van der Waals surface area contributed by atoms with E-state index in [1.54, 1.807) is 6.20 Å². The van der Waals surface area contributed by atoms with Crippen molar-refractivity contribution in [2.75, 3.05) is 18.4 Å². The summed E-state index contributed by atoms with van der Waals surface area (Å²) in [7, 11) is 0. The molecule has 1 atom stereocenters. The van der Waals surface area contributed by atoms with E-state index in [1.165, 1.54) is 12.8 Å². The van der Waals surface area contributed by atoms with Crippen LogP contribution in [0.3, 0.4) is 0 Å². The van der Waals surface area contributed by atoms with Gasteiger partial charge in [0.15, 0.2) is 0 Å². The number of anilines is 1. The van der Waals surface area contributed by atoms with Crippen LogP contribution >= 0.6 is 0 Å².